The van der Waals surface area contributed by atoms with Gasteiger partial charge in [0.25, 0.3) is 0 Å². The van der Waals surface area contributed by atoms with Crippen molar-refractivity contribution in [1.29, 1.82) is 0 Å². The molecule has 72 valence electrons. The van der Waals surface area contributed by atoms with Crippen molar-refractivity contribution >= 4 is 10.8 Å². The van der Waals surface area contributed by atoms with Crippen molar-refractivity contribution < 1.29 is 0 Å². The van der Waals surface area contributed by atoms with Crippen LogP contribution in [-0.4, -0.2) is 0 Å². The molecule has 0 fully saturated rings. The maximum absolute atomic E-state index is 2.28. The SMILES string of the molecule is c1cccc2ccc3cc2cc(cc1)C3. The van der Waals surface area contributed by atoms with Gasteiger partial charge in [0, 0.05) is 0 Å². The van der Waals surface area contributed by atoms with Gasteiger partial charge in [-0.1, -0.05) is 60.7 Å². The summed E-state index contributed by atoms with van der Waals surface area (Å²) in [7, 11) is 0. The van der Waals surface area contributed by atoms with Crippen LogP contribution in [-0.2, 0) is 6.42 Å². The first kappa shape index (κ1) is 8.49. The van der Waals surface area contributed by atoms with Gasteiger partial charge in [-0.15, -0.1) is 0 Å². The van der Waals surface area contributed by atoms with E-state index >= 15 is 0 Å². The Hall–Kier alpha value is -1.82. The van der Waals surface area contributed by atoms with Crippen LogP contribution >= 0.6 is 0 Å². The molecule has 0 aromatic heterocycles. The maximum atomic E-state index is 2.28. The van der Waals surface area contributed by atoms with Gasteiger partial charge in [0.1, 0.15) is 0 Å². The molecular weight excluding hydrogens is 180 g/mol. The fourth-order valence-electron chi connectivity index (χ4n) is 2.07. The quantitative estimate of drug-likeness (QED) is 0.507. The molecule has 0 saturated carbocycles. The van der Waals surface area contributed by atoms with Crippen LogP contribution in [0, 0.1) is 0 Å². The second-order valence-electron chi connectivity index (χ2n) is 3.96. The van der Waals surface area contributed by atoms with Crippen LogP contribution < -0.4 is 0 Å². The highest BCUT2D eigenvalue weighted by Gasteiger charge is 2.02. The van der Waals surface area contributed by atoms with E-state index in [-0.39, 0.29) is 0 Å². The predicted octanol–water partition coefficient (Wildman–Crippen LogP) is 3.87. The van der Waals surface area contributed by atoms with E-state index in [2.05, 4.69) is 60.7 Å². The third-order valence-corrected chi connectivity index (χ3v) is 2.82. The van der Waals surface area contributed by atoms with Gasteiger partial charge in [0.15, 0.2) is 0 Å². The van der Waals surface area contributed by atoms with Gasteiger partial charge in [-0.05, 0) is 28.3 Å². The first-order valence-corrected chi connectivity index (χ1v) is 5.27. The number of fused-ring (bicyclic) bond motifs is 2. The molecule has 1 aliphatic rings. The van der Waals surface area contributed by atoms with Crippen molar-refractivity contribution in [2.75, 3.05) is 0 Å². The normalized spacial score (nSPS) is 11.7. The fourth-order valence-corrected chi connectivity index (χ4v) is 2.07. The molecule has 2 aromatic carbocycles. The molecule has 0 heterocycles. The Balaban J connectivity index is 2.46. The second-order valence-corrected chi connectivity index (χ2v) is 3.96. The molecule has 0 unspecified atom stereocenters. The van der Waals surface area contributed by atoms with Crippen LogP contribution in [0.1, 0.15) is 11.1 Å². The van der Waals surface area contributed by atoms with E-state index in [9.17, 15) is 0 Å². The van der Waals surface area contributed by atoms with E-state index in [0.717, 1.165) is 6.42 Å². The monoisotopic (exact) mass is 192 g/mol. The van der Waals surface area contributed by atoms with Gasteiger partial charge >= 0.3 is 0 Å². The lowest BCUT2D eigenvalue weighted by Gasteiger charge is -2.08. The lowest BCUT2D eigenvalue weighted by Crippen LogP contribution is -1.91. The first-order chi connectivity index (χ1) is 7.42. The van der Waals surface area contributed by atoms with Crippen molar-refractivity contribution in [2.45, 2.75) is 6.42 Å². The summed E-state index contributed by atoms with van der Waals surface area (Å²) in [6.45, 7) is 0. The van der Waals surface area contributed by atoms with Crippen molar-refractivity contribution in [3.05, 3.63) is 71.8 Å². The zero-order chi connectivity index (χ0) is 10.1. The van der Waals surface area contributed by atoms with E-state index in [4.69, 9.17) is 0 Å². The molecule has 0 saturated heterocycles. The average molecular weight is 192 g/mol. The largest absolute Gasteiger partial charge is 0.0623 e. The molecule has 0 aliphatic heterocycles. The Morgan fingerprint density at radius 3 is 2.20 bits per heavy atom. The molecule has 0 spiro atoms. The third-order valence-electron chi connectivity index (χ3n) is 2.82. The summed E-state index contributed by atoms with van der Waals surface area (Å²) >= 11 is 0. The molecule has 0 heteroatoms. The molecule has 2 aromatic rings. The zero-order valence-corrected chi connectivity index (χ0v) is 8.48. The standard InChI is InChI=1S/C15H12/c1-2-4-6-14-8-7-13-9-12(5-3-1)10-15(14)11-13/h1-8,10-11H,9H2. The summed E-state index contributed by atoms with van der Waals surface area (Å²) in [5.41, 5.74) is 2.80. The molecular formula is C15H12. The van der Waals surface area contributed by atoms with Gasteiger partial charge in [0.2, 0.25) is 0 Å². The van der Waals surface area contributed by atoms with Crippen LogP contribution in [0.3, 0.4) is 0 Å². The lowest BCUT2D eigenvalue weighted by atomic mass is 9.97. The Morgan fingerprint density at radius 1 is 0.600 bits per heavy atom. The minimum atomic E-state index is 1.06. The summed E-state index contributed by atoms with van der Waals surface area (Å²) in [5.74, 6) is 0. The molecule has 0 radical (unpaired) electrons. The third kappa shape index (κ3) is 1.59. The van der Waals surface area contributed by atoms with E-state index in [1.54, 1.807) is 0 Å². The number of hydrogen-bond donors (Lipinski definition) is 0. The second kappa shape index (κ2) is 3.39. The molecule has 1 aliphatic carbocycles. The summed E-state index contributed by atoms with van der Waals surface area (Å²) in [4.78, 5) is 0. The highest BCUT2D eigenvalue weighted by molar-refractivity contribution is 5.83. The molecule has 3 bridgehead atoms. The smallest absolute Gasteiger partial charge is 0.00253 e. The topological polar surface area (TPSA) is 0 Å². The van der Waals surface area contributed by atoms with Crippen LogP contribution in [0.5, 0.6) is 0 Å². The van der Waals surface area contributed by atoms with E-state index in [1.807, 2.05) is 0 Å². The zero-order valence-electron chi connectivity index (χ0n) is 8.48. The highest BCUT2D eigenvalue weighted by atomic mass is 14.1. The lowest BCUT2D eigenvalue weighted by molar-refractivity contribution is 1.19. The highest BCUT2D eigenvalue weighted by Crippen LogP contribution is 2.22. The van der Waals surface area contributed by atoms with Gasteiger partial charge < -0.3 is 0 Å². The van der Waals surface area contributed by atoms with Crippen LogP contribution in [0.15, 0.2) is 60.7 Å². The minimum Gasteiger partial charge on any atom is -0.0623 e. The van der Waals surface area contributed by atoms with Gasteiger partial charge in [-0.3, -0.25) is 0 Å². The minimum absolute atomic E-state index is 1.06. The van der Waals surface area contributed by atoms with Gasteiger partial charge in [-0.25, -0.2) is 0 Å². The number of benzene rings is 1. The van der Waals surface area contributed by atoms with Crippen LogP contribution in [0.2, 0.25) is 0 Å². The summed E-state index contributed by atoms with van der Waals surface area (Å²) < 4.78 is 0. The molecule has 0 N–H and O–H groups in total. The van der Waals surface area contributed by atoms with Crippen molar-refractivity contribution in [3.63, 3.8) is 0 Å². The van der Waals surface area contributed by atoms with Crippen molar-refractivity contribution in [3.8, 4) is 0 Å². The van der Waals surface area contributed by atoms with E-state index < -0.39 is 0 Å². The molecule has 3 rings (SSSR count). The molecule has 0 nitrogen and oxygen atoms in total. The molecule has 15 heavy (non-hydrogen) atoms. The Labute approximate surface area is 89.5 Å². The van der Waals surface area contributed by atoms with Crippen LogP contribution in [0.25, 0.3) is 10.8 Å². The van der Waals surface area contributed by atoms with Crippen molar-refractivity contribution in [1.82, 2.24) is 0 Å². The molecule has 0 amide bonds. The summed E-state index contributed by atoms with van der Waals surface area (Å²) in [5, 5.41) is 2.64. The maximum Gasteiger partial charge on any atom is -0.00253 e. The number of hydrogen-bond acceptors (Lipinski definition) is 0. The summed E-state index contributed by atoms with van der Waals surface area (Å²) in [6.07, 6.45) is 1.06. The van der Waals surface area contributed by atoms with Gasteiger partial charge in [0.05, 0.1) is 0 Å². The van der Waals surface area contributed by atoms with Crippen LogP contribution in [0.4, 0.5) is 0 Å². The average Bonchev–Trinajstić information content (AvgIpc) is 2.25. The Bertz CT molecular complexity index is 566. The van der Waals surface area contributed by atoms with E-state index in [0.29, 0.717) is 0 Å². The van der Waals surface area contributed by atoms with E-state index in [1.165, 1.54) is 21.9 Å². The first-order valence-electron chi connectivity index (χ1n) is 5.27. The van der Waals surface area contributed by atoms with Gasteiger partial charge in [-0.2, -0.15) is 0 Å². The Kier molecular flexibility index (Phi) is 1.92. The van der Waals surface area contributed by atoms with Crippen molar-refractivity contribution in [2.24, 2.45) is 0 Å². The summed E-state index contributed by atoms with van der Waals surface area (Å²) in [6, 6.07) is 21.7. The number of rotatable bonds is 0. The fraction of sp³-hybridized carbons (Fsp3) is 0.0667. The Morgan fingerprint density at radius 2 is 1.33 bits per heavy atom. The molecule has 0 atom stereocenters. The predicted molar refractivity (Wildman–Crippen MR) is 64.4 cm³/mol.